The van der Waals surface area contributed by atoms with Crippen LogP contribution in [0.15, 0.2) is 6.07 Å². The minimum absolute atomic E-state index is 0.0570. The minimum Gasteiger partial charge on any atom is -0.480 e. The molecule has 1 N–H and O–H groups in total. The Morgan fingerprint density at radius 3 is 2.46 bits per heavy atom. The predicted molar refractivity (Wildman–Crippen MR) is 97.2 cm³/mol. The van der Waals surface area contributed by atoms with Crippen LogP contribution in [-0.4, -0.2) is 43.7 Å². The van der Waals surface area contributed by atoms with Gasteiger partial charge in [0.1, 0.15) is 6.04 Å². The maximum absolute atomic E-state index is 13.3. The van der Waals surface area contributed by atoms with Gasteiger partial charge in [-0.1, -0.05) is 12.8 Å². The molecule has 0 aromatic carbocycles. The fraction of sp³-hybridized carbons (Fsp3) is 0.750. The van der Waals surface area contributed by atoms with Gasteiger partial charge in [0.05, 0.1) is 5.54 Å². The van der Waals surface area contributed by atoms with E-state index in [-0.39, 0.29) is 17.5 Å². The number of hydrogen-bond donors (Lipinski definition) is 1. The Balaban J connectivity index is 1.68. The van der Waals surface area contributed by atoms with Gasteiger partial charge in [-0.3, -0.25) is 9.48 Å². The second kappa shape index (κ2) is 6.10. The van der Waals surface area contributed by atoms with Gasteiger partial charge in [-0.2, -0.15) is 5.10 Å². The number of carboxylic acids is 1. The number of fused-ring (bicyclic) bond motifs is 1. The van der Waals surface area contributed by atoms with E-state index < -0.39 is 12.0 Å². The van der Waals surface area contributed by atoms with E-state index in [1.54, 1.807) is 4.90 Å². The van der Waals surface area contributed by atoms with Crippen molar-refractivity contribution < 1.29 is 14.7 Å². The van der Waals surface area contributed by atoms with Crippen molar-refractivity contribution in [2.24, 2.45) is 5.92 Å². The third kappa shape index (κ3) is 2.93. The summed E-state index contributed by atoms with van der Waals surface area (Å²) in [5.74, 6) is -0.275. The van der Waals surface area contributed by atoms with Crippen LogP contribution in [0.25, 0.3) is 0 Å². The lowest BCUT2D eigenvalue weighted by molar-refractivity contribution is -0.141. The molecule has 2 heterocycles. The molecule has 26 heavy (non-hydrogen) atoms. The topological polar surface area (TPSA) is 75.4 Å². The molecule has 6 nitrogen and oxygen atoms in total. The Bertz CT molecular complexity index is 729. The number of carbonyl (C=O) groups excluding carboxylic acids is 1. The predicted octanol–water partition coefficient (Wildman–Crippen LogP) is 3.37. The molecule has 1 aromatic heterocycles. The van der Waals surface area contributed by atoms with E-state index in [9.17, 15) is 14.7 Å². The lowest BCUT2D eigenvalue weighted by Gasteiger charge is -2.32. The lowest BCUT2D eigenvalue weighted by atomic mass is 9.84. The Morgan fingerprint density at radius 1 is 1.15 bits per heavy atom. The highest BCUT2D eigenvalue weighted by Crippen LogP contribution is 2.43. The summed E-state index contributed by atoms with van der Waals surface area (Å²) in [4.78, 5) is 26.8. The molecule has 1 aromatic rings. The summed E-state index contributed by atoms with van der Waals surface area (Å²) >= 11 is 0. The number of carbonyl (C=O) groups is 2. The van der Waals surface area contributed by atoms with Crippen LogP contribution < -0.4 is 0 Å². The first kappa shape index (κ1) is 17.6. The molecule has 1 amide bonds. The highest BCUT2D eigenvalue weighted by Gasteiger charge is 2.48. The van der Waals surface area contributed by atoms with E-state index in [4.69, 9.17) is 0 Å². The molecular formula is C20H29N3O3. The second-order valence-electron chi connectivity index (χ2n) is 9.23. The summed E-state index contributed by atoms with van der Waals surface area (Å²) in [5.41, 5.74) is 1.34. The fourth-order valence-electron chi connectivity index (χ4n) is 4.81. The van der Waals surface area contributed by atoms with E-state index in [2.05, 4.69) is 25.9 Å². The molecule has 0 bridgehead atoms. The van der Waals surface area contributed by atoms with Crippen molar-refractivity contribution in [2.75, 3.05) is 0 Å². The molecule has 0 unspecified atom stereocenters. The van der Waals surface area contributed by atoms with Crippen LogP contribution in [0.1, 0.15) is 87.8 Å². The molecule has 1 aliphatic heterocycles. The maximum atomic E-state index is 13.3. The van der Waals surface area contributed by atoms with Crippen molar-refractivity contribution >= 4 is 11.9 Å². The number of hydrogen-bond acceptors (Lipinski definition) is 3. The molecule has 4 rings (SSSR count). The SMILES string of the molecule is CC(C)(C)n1nc(C(=O)N2[C@@H]3CCCC[C@@H]3C[C@H]2C(=O)O)cc1C1CC1. The van der Waals surface area contributed by atoms with Crippen molar-refractivity contribution in [3.8, 4) is 0 Å². The zero-order valence-electron chi connectivity index (χ0n) is 15.9. The van der Waals surface area contributed by atoms with Crippen LogP contribution in [0, 0.1) is 5.92 Å². The number of aliphatic carboxylic acids is 1. The zero-order valence-corrected chi connectivity index (χ0v) is 15.9. The third-order valence-corrected chi connectivity index (χ3v) is 6.19. The van der Waals surface area contributed by atoms with Gasteiger partial charge < -0.3 is 10.0 Å². The van der Waals surface area contributed by atoms with E-state index in [0.29, 0.717) is 24.0 Å². The quantitative estimate of drug-likeness (QED) is 0.898. The van der Waals surface area contributed by atoms with Crippen LogP contribution >= 0.6 is 0 Å². The average molecular weight is 359 g/mol. The summed E-state index contributed by atoms with van der Waals surface area (Å²) in [5, 5.41) is 14.3. The molecule has 6 heteroatoms. The highest BCUT2D eigenvalue weighted by atomic mass is 16.4. The van der Waals surface area contributed by atoms with Crippen LogP contribution in [0.4, 0.5) is 0 Å². The molecule has 2 aliphatic carbocycles. The molecule has 2 saturated carbocycles. The first-order valence-corrected chi connectivity index (χ1v) is 9.93. The number of likely N-dealkylation sites (tertiary alicyclic amines) is 1. The van der Waals surface area contributed by atoms with Crippen LogP contribution in [0.2, 0.25) is 0 Å². The van der Waals surface area contributed by atoms with Gasteiger partial charge in [0.2, 0.25) is 0 Å². The normalized spacial score (nSPS) is 28.9. The zero-order chi connectivity index (χ0) is 18.6. The minimum atomic E-state index is -0.884. The maximum Gasteiger partial charge on any atom is 0.326 e. The molecule has 1 saturated heterocycles. The summed E-state index contributed by atoms with van der Waals surface area (Å²) in [6.07, 6.45) is 7.02. The van der Waals surface area contributed by atoms with Gasteiger partial charge in [0, 0.05) is 17.7 Å². The van der Waals surface area contributed by atoms with Gasteiger partial charge in [-0.05, 0) is 64.9 Å². The average Bonchev–Trinajstić information content (AvgIpc) is 3.19. The van der Waals surface area contributed by atoms with Gasteiger partial charge in [-0.15, -0.1) is 0 Å². The number of aromatic nitrogens is 2. The van der Waals surface area contributed by atoms with Crippen molar-refractivity contribution in [1.29, 1.82) is 0 Å². The standard InChI is InChI=1S/C20H29N3O3/c1-20(2,3)23-16(12-8-9-12)11-14(21-23)18(24)22-15-7-5-4-6-13(15)10-17(22)19(25)26/h11-13,15,17H,4-10H2,1-3H3,(H,25,26)/t13-,15-,17+/m1/s1. The smallest absolute Gasteiger partial charge is 0.326 e. The molecule has 3 fully saturated rings. The van der Waals surface area contributed by atoms with Gasteiger partial charge in [-0.25, -0.2) is 4.79 Å². The van der Waals surface area contributed by atoms with Crippen LogP contribution in [0.5, 0.6) is 0 Å². The molecule has 3 atom stereocenters. The Hall–Kier alpha value is -1.85. The summed E-state index contributed by atoms with van der Waals surface area (Å²) in [7, 11) is 0. The number of amides is 1. The van der Waals surface area contributed by atoms with E-state index in [1.807, 2.05) is 10.7 Å². The first-order chi connectivity index (χ1) is 12.3. The fourth-order valence-corrected chi connectivity index (χ4v) is 4.81. The van der Waals surface area contributed by atoms with Crippen LogP contribution in [0.3, 0.4) is 0 Å². The number of rotatable bonds is 3. The monoisotopic (exact) mass is 359 g/mol. The van der Waals surface area contributed by atoms with Gasteiger partial charge in [0.15, 0.2) is 5.69 Å². The Kier molecular flexibility index (Phi) is 4.12. The number of nitrogens with zero attached hydrogens (tertiary/aromatic N) is 3. The third-order valence-electron chi connectivity index (χ3n) is 6.19. The van der Waals surface area contributed by atoms with Crippen molar-refractivity contribution in [1.82, 2.24) is 14.7 Å². The van der Waals surface area contributed by atoms with E-state index >= 15 is 0 Å². The lowest BCUT2D eigenvalue weighted by Crippen LogP contribution is -2.46. The molecule has 0 radical (unpaired) electrons. The molecule has 0 spiro atoms. The Labute approximate surface area is 154 Å². The number of carboxylic acid groups (broad SMARTS) is 1. The summed E-state index contributed by atoms with van der Waals surface area (Å²) in [6, 6.07) is 1.27. The van der Waals surface area contributed by atoms with E-state index in [0.717, 1.165) is 44.2 Å². The summed E-state index contributed by atoms with van der Waals surface area (Å²) < 4.78 is 1.97. The molecular weight excluding hydrogens is 330 g/mol. The largest absolute Gasteiger partial charge is 0.480 e. The molecule has 3 aliphatic rings. The molecule has 142 valence electrons. The van der Waals surface area contributed by atoms with E-state index in [1.165, 1.54) is 0 Å². The van der Waals surface area contributed by atoms with Crippen molar-refractivity contribution in [3.05, 3.63) is 17.5 Å². The Morgan fingerprint density at radius 2 is 1.85 bits per heavy atom. The summed E-state index contributed by atoms with van der Waals surface area (Å²) in [6.45, 7) is 6.27. The first-order valence-electron chi connectivity index (χ1n) is 9.93. The van der Waals surface area contributed by atoms with Gasteiger partial charge >= 0.3 is 5.97 Å². The second-order valence-corrected chi connectivity index (χ2v) is 9.23. The van der Waals surface area contributed by atoms with Gasteiger partial charge in [0.25, 0.3) is 5.91 Å². The van der Waals surface area contributed by atoms with Crippen molar-refractivity contribution in [3.63, 3.8) is 0 Å². The van der Waals surface area contributed by atoms with Crippen molar-refractivity contribution in [2.45, 2.75) is 89.3 Å². The highest BCUT2D eigenvalue weighted by molar-refractivity contribution is 5.96. The van der Waals surface area contributed by atoms with Crippen LogP contribution in [-0.2, 0) is 10.3 Å².